The third-order valence-electron chi connectivity index (χ3n) is 7.03. The Bertz CT molecular complexity index is 1080. The number of cyclic esters (lactones) is 1. The van der Waals surface area contributed by atoms with Crippen LogP contribution >= 0.6 is 0 Å². The number of benzene rings is 1. The maximum Gasteiger partial charge on any atom is 0.420 e. The zero-order chi connectivity index (χ0) is 32.2. The van der Waals surface area contributed by atoms with E-state index in [1.54, 1.807) is 48.5 Å². The van der Waals surface area contributed by atoms with Crippen molar-refractivity contribution in [2.75, 3.05) is 13.2 Å². The van der Waals surface area contributed by atoms with Crippen LogP contribution in [0.1, 0.15) is 85.3 Å². The van der Waals surface area contributed by atoms with Gasteiger partial charge in [0.05, 0.1) is 31.0 Å². The number of hydrogen-bond acceptors (Lipinski definition) is 8. The number of nitrogens with zero attached hydrogens (tertiary/aromatic N) is 1. The van der Waals surface area contributed by atoms with Crippen molar-refractivity contribution in [3.63, 3.8) is 0 Å². The number of imide groups is 1. The highest BCUT2D eigenvalue weighted by Crippen LogP contribution is 2.32. The summed E-state index contributed by atoms with van der Waals surface area (Å²) >= 11 is 0. The van der Waals surface area contributed by atoms with Crippen LogP contribution in [0.25, 0.3) is 0 Å². The third-order valence-corrected chi connectivity index (χ3v) is 7.03. The van der Waals surface area contributed by atoms with Crippen molar-refractivity contribution >= 4 is 18.2 Å². The van der Waals surface area contributed by atoms with Crippen molar-refractivity contribution in [1.82, 2.24) is 4.90 Å². The van der Waals surface area contributed by atoms with E-state index in [9.17, 15) is 27.6 Å². The minimum atomic E-state index is -4.46. The van der Waals surface area contributed by atoms with E-state index in [4.69, 9.17) is 23.7 Å². The molecule has 2 aliphatic rings. The lowest BCUT2D eigenvalue weighted by Crippen LogP contribution is -2.54. The van der Waals surface area contributed by atoms with Gasteiger partial charge in [-0.3, -0.25) is 0 Å². The summed E-state index contributed by atoms with van der Waals surface area (Å²) in [5.41, 5.74) is -2.10. The van der Waals surface area contributed by atoms with Crippen LogP contribution in [0, 0.1) is 5.92 Å². The van der Waals surface area contributed by atoms with Crippen molar-refractivity contribution in [3.05, 3.63) is 35.4 Å². The molecule has 3 rings (SSSR count). The van der Waals surface area contributed by atoms with Gasteiger partial charge in [0.25, 0.3) is 0 Å². The van der Waals surface area contributed by atoms with Gasteiger partial charge in [-0.05, 0) is 85.4 Å². The van der Waals surface area contributed by atoms with Gasteiger partial charge in [-0.15, -0.1) is 0 Å². The zero-order valence-electron chi connectivity index (χ0n) is 26.0. The molecule has 1 aromatic carbocycles. The average Bonchev–Trinajstić information content (AvgIpc) is 3.37. The summed E-state index contributed by atoms with van der Waals surface area (Å²) in [6.45, 7) is 11.0. The zero-order valence-corrected chi connectivity index (χ0v) is 26.0. The summed E-state index contributed by atoms with van der Waals surface area (Å²) in [6.07, 6.45) is -4.29. The Morgan fingerprint density at radius 3 is 1.93 bits per heavy atom. The number of rotatable bonds is 5. The van der Waals surface area contributed by atoms with Crippen LogP contribution in [0.15, 0.2) is 24.3 Å². The van der Waals surface area contributed by atoms with Crippen LogP contribution in [0.4, 0.5) is 22.8 Å². The number of carbonyl (C=O) groups excluding carboxylic acids is 3. The Kier molecular flexibility index (Phi) is 11.1. The maximum atomic E-state index is 13.6. The SMILES string of the molecule is C[C@@H]1OC(=O)[C@@H](N(C(=O)OC(C)(C)C)C(=O)OC(C)(C)C)COC[C@H](Cc2ccc(C(F)(F)F)cc2)[C@H]1OC1CCCC1. The van der Waals surface area contributed by atoms with Gasteiger partial charge < -0.3 is 23.7 Å². The highest BCUT2D eigenvalue weighted by Gasteiger charge is 2.44. The van der Waals surface area contributed by atoms with Crippen molar-refractivity contribution in [3.8, 4) is 0 Å². The van der Waals surface area contributed by atoms with Gasteiger partial charge in [0, 0.05) is 5.92 Å². The quantitative estimate of drug-likeness (QED) is 0.267. The summed E-state index contributed by atoms with van der Waals surface area (Å²) in [7, 11) is 0. The minimum absolute atomic E-state index is 0.0202. The normalized spacial score (nSPS) is 24.4. The van der Waals surface area contributed by atoms with Crippen molar-refractivity contribution in [2.45, 2.75) is 122 Å². The first-order valence-electron chi connectivity index (χ1n) is 14.7. The van der Waals surface area contributed by atoms with Crippen LogP contribution in [0.2, 0.25) is 0 Å². The molecule has 0 spiro atoms. The molecule has 1 aromatic rings. The Morgan fingerprint density at radius 2 is 1.44 bits per heavy atom. The third kappa shape index (κ3) is 10.4. The lowest BCUT2D eigenvalue weighted by molar-refractivity contribution is -0.167. The number of ether oxygens (including phenoxy) is 5. The van der Waals surface area contributed by atoms with Crippen LogP contribution in [0.3, 0.4) is 0 Å². The topological polar surface area (TPSA) is 101 Å². The first-order chi connectivity index (χ1) is 19.8. The van der Waals surface area contributed by atoms with Crippen molar-refractivity contribution < 1.29 is 51.2 Å². The summed E-state index contributed by atoms with van der Waals surface area (Å²) in [4.78, 5) is 40.6. The number of hydrogen-bond donors (Lipinski definition) is 0. The standard InChI is InChI=1S/C31H44F3NO8/c1-19-25(41-23-10-8-9-11-23)21(16-20-12-14-22(15-13-20)31(32,33)34)17-39-18-24(26(36)40-19)35(27(37)42-29(2,3)4)28(38)43-30(5,6)7/h12-15,19,21,23-25H,8-11,16-18H2,1-7H3/t19-,21-,24-,25-/m0/s1. The minimum Gasteiger partial charge on any atom is -0.458 e. The number of esters is 1. The van der Waals surface area contributed by atoms with E-state index in [-0.39, 0.29) is 19.1 Å². The molecule has 0 N–H and O–H groups in total. The Labute approximate surface area is 251 Å². The summed E-state index contributed by atoms with van der Waals surface area (Å²) in [5, 5.41) is 0. The van der Waals surface area contributed by atoms with Gasteiger partial charge in [0.2, 0.25) is 0 Å². The second-order valence-electron chi connectivity index (χ2n) is 13.2. The molecule has 0 unspecified atom stereocenters. The molecule has 1 saturated carbocycles. The summed E-state index contributed by atoms with van der Waals surface area (Å²) in [5.74, 6) is -1.32. The number of alkyl halides is 3. The predicted octanol–water partition coefficient (Wildman–Crippen LogP) is 6.69. The van der Waals surface area contributed by atoms with Crippen LogP contribution in [-0.4, -0.2) is 71.8 Å². The van der Waals surface area contributed by atoms with Gasteiger partial charge in [-0.1, -0.05) is 25.0 Å². The fraction of sp³-hybridized carbons (Fsp3) is 0.710. The van der Waals surface area contributed by atoms with E-state index in [2.05, 4.69) is 0 Å². The van der Waals surface area contributed by atoms with Crippen LogP contribution in [-0.2, 0) is 41.1 Å². The maximum absolute atomic E-state index is 13.6. The van der Waals surface area contributed by atoms with Gasteiger partial charge >= 0.3 is 24.3 Å². The first-order valence-corrected chi connectivity index (χ1v) is 14.7. The largest absolute Gasteiger partial charge is 0.458 e. The molecule has 0 radical (unpaired) electrons. The number of amides is 2. The highest BCUT2D eigenvalue weighted by molar-refractivity contribution is 5.94. The molecule has 2 fully saturated rings. The average molecular weight is 616 g/mol. The fourth-order valence-corrected chi connectivity index (χ4v) is 5.11. The van der Waals surface area contributed by atoms with E-state index in [0.29, 0.717) is 10.5 Å². The molecule has 0 bridgehead atoms. The van der Waals surface area contributed by atoms with Gasteiger partial charge in [0.15, 0.2) is 6.04 Å². The highest BCUT2D eigenvalue weighted by atomic mass is 19.4. The van der Waals surface area contributed by atoms with Crippen LogP contribution in [0.5, 0.6) is 0 Å². The molecular formula is C31H44F3NO8. The molecule has 43 heavy (non-hydrogen) atoms. The van der Waals surface area contributed by atoms with E-state index < -0.39 is 71.9 Å². The molecule has 2 amide bonds. The second kappa shape index (κ2) is 13.8. The molecule has 1 aliphatic heterocycles. The molecule has 1 heterocycles. The molecule has 0 aromatic heterocycles. The molecular weight excluding hydrogens is 571 g/mol. The van der Waals surface area contributed by atoms with E-state index in [1.807, 2.05) is 0 Å². The molecule has 1 saturated heterocycles. The molecule has 242 valence electrons. The number of halogens is 3. The summed E-state index contributed by atoms with van der Waals surface area (Å²) in [6, 6.07) is 3.35. The van der Waals surface area contributed by atoms with Gasteiger partial charge in [-0.2, -0.15) is 18.1 Å². The Balaban J connectivity index is 1.92. The molecule has 1 aliphatic carbocycles. The fourth-order valence-electron chi connectivity index (χ4n) is 5.11. The lowest BCUT2D eigenvalue weighted by Gasteiger charge is -2.33. The first kappa shape index (κ1) is 34.6. The smallest absolute Gasteiger partial charge is 0.420 e. The lowest BCUT2D eigenvalue weighted by atomic mass is 9.91. The molecule has 4 atom stereocenters. The monoisotopic (exact) mass is 615 g/mol. The predicted molar refractivity (Wildman–Crippen MR) is 150 cm³/mol. The molecule has 12 heteroatoms. The second-order valence-corrected chi connectivity index (χ2v) is 13.2. The summed E-state index contributed by atoms with van der Waals surface area (Å²) < 4.78 is 68.5. The van der Waals surface area contributed by atoms with E-state index in [0.717, 1.165) is 37.8 Å². The van der Waals surface area contributed by atoms with Gasteiger partial charge in [0.1, 0.15) is 17.3 Å². The Morgan fingerprint density at radius 1 is 0.907 bits per heavy atom. The van der Waals surface area contributed by atoms with Gasteiger partial charge in [-0.25, -0.2) is 14.4 Å². The van der Waals surface area contributed by atoms with Crippen molar-refractivity contribution in [1.29, 1.82) is 0 Å². The van der Waals surface area contributed by atoms with Crippen molar-refractivity contribution in [2.24, 2.45) is 5.92 Å². The van der Waals surface area contributed by atoms with E-state index >= 15 is 0 Å². The Hall–Kier alpha value is -2.86. The molecule has 9 nitrogen and oxygen atoms in total. The van der Waals surface area contributed by atoms with Crippen LogP contribution < -0.4 is 0 Å². The number of carbonyl (C=O) groups is 3. The van der Waals surface area contributed by atoms with E-state index in [1.165, 1.54) is 12.1 Å².